The van der Waals surface area contributed by atoms with Crippen molar-refractivity contribution in [2.45, 2.75) is 38.3 Å². The minimum atomic E-state index is -0.338. The Morgan fingerprint density at radius 2 is 2.11 bits per heavy atom. The molecule has 0 saturated heterocycles. The van der Waals surface area contributed by atoms with Gasteiger partial charge >= 0.3 is 0 Å². The van der Waals surface area contributed by atoms with Crippen molar-refractivity contribution < 1.29 is 14.3 Å². The van der Waals surface area contributed by atoms with Gasteiger partial charge in [0.15, 0.2) is 0 Å². The number of carbonyl (C=O) groups is 2. The molecule has 1 saturated carbocycles. The zero-order valence-corrected chi connectivity index (χ0v) is 11.1. The lowest BCUT2D eigenvalue weighted by Gasteiger charge is -2.13. The summed E-state index contributed by atoms with van der Waals surface area (Å²) in [5.41, 5.74) is 0. The summed E-state index contributed by atoms with van der Waals surface area (Å²) >= 11 is 0. The van der Waals surface area contributed by atoms with E-state index in [1.807, 2.05) is 0 Å². The Bertz CT molecular complexity index is 280. The van der Waals surface area contributed by atoms with Gasteiger partial charge in [-0.3, -0.25) is 14.9 Å². The summed E-state index contributed by atoms with van der Waals surface area (Å²) < 4.78 is 4.88. The van der Waals surface area contributed by atoms with Gasteiger partial charge in [-0.05, 0) is 26.2 Å². The van der Waals surface area contributed by atoms with Gasteiger partial charge in [0, 0.05) is 26.3 Å². The van der Waals surface area contributed by atoms with Crippen LogP contribution in [0.15, 0.2) is 0 Å². The number of hydrogen-bond acceptors (Lipinski definition) is 4. The van der Waals surface area contributed by atoms with Gasteiger partial charge in [0.25, 0.3) is 0 Å². The number of hydrogen-bond donors (Lipinski definition) is 3. The standard InChI is InChI=1S/C12H23N3O3/c1-9(12(17)15-10-4-5-10)14-8-11(16)13-6-3-7-18-2/h9-10,14H,3-8H2,1-2H3,(H,13,16)(H,15,17). The van der Waals surface area contributed by atoms with E-state index in [4.69, 9.17) is 4.74 Å². The molecule has 0 aromatic heterocycles. The van der Waals surface area contributed by atoms with Crippen molar-refractivity contribution in [3.05, 3.63) is 0 Å². The van der Waals surface area contributed by atoms with Crippen molar-refractivity contribution in [2.24, 2.45) is 0 Å². The molecule has 0 aliphatic heterocycles. The van der Waals surface area contributed by atoms with E-state index in [0.717, 1.165) is 19.3 Å². The fourth-order valence-electron chi connectivity index (χ4n) is 1.40. The summed E-state index contributed by atoms with van der Waals surface area (Å²) in [6, 6.07) is 0.0138. The highest BCUT2D eigenvalue weighted by molar-refractivity contribution is 5.83. The molecular weight excluding hydrogens is 234 g/mol. The molecule has 1 rings (SSSR count). The molecule has 3 N–H and O–H groups in total. The molecule has 1 atom stereocenters. The number of ether oxygens (including phenoxy) is 1. The highest BCUT2D eigenvalue weighted by atomic mass is 16.5. The zero-order valence-electron chi connectivity index (χ0n) is 11.1. The maximum absolute atomic E-state index is 11.6. The number of rotatable bonds is 9. The first-order valence-corrected chi connectivity index (χ1v) is 6.43. The highest BCUT2D eigenvalue weighted by Crippen LogP contribution is 2.18. The molecule has 1 fully saturated rings. The Labute approximate surface area is 108 Å². The molecular formula is C12H23N3O3. The fraction of sp³-hybridized carbons (Fsp3) is 0.833. The molecule has 0 radical (unpaired) electrons. The zero-order chi connectivity index (χ0) is 13.4. The Kier molecular flexibility index (Phi) is 6.67. The van der Waals surface area contributed by atoms with Crippen LogP contribution in [0.3, 0.4) is 0 Å². The first-order chi connectivity index (χ1) is 8.63. The summed E-state index contributed by atoms with van der Waals surface area (Å²) in [6.45, 7) is 3.15. The lowest BCUT2D eigenvalue weighted by Crippen LogP contribution is -2.46. The molecule has 6 heteroatoms. The molecule has 0 heterocycles. The molecule has 1 aliphatic carbocycles. The minimum absolute atomic E-state index is 0.0373. The van der Waals surface area contributed by atoms with Crippen LogP contribution in [-0.4, -0.2) is 50.7 Å². The molecule has 6 nitrogen and oxygen atoms in total. The highest BCUT2D eigenvalue weighted by Gasteiger charge is 2.25. The van der Waals surface area contributed by atoms with Crippen LogP contribution < -0.4 is 16.0 Å². The van der Waals surface area contributed by atoms with E-state index in [1.165, 1.54) is 0 Å². The van der Waals surface area contributed by atoms with Crippen molar-refractivity contribution in [1.29, 1.82) is 0 Å². The second kappa shape index (κ2) is 8.05. The van der Waals surface area contributed by atoms with E-state index < -0.39 is 0 Å². The van der Waals surface area contributed by atoms with Crippen LogP contribution in [0.25, 0.3) is 0 Å². The average Bonchev–Trinajstić information content (AvgIpc) is 3.15. The summed E-state index contributed by atoms with van der Waals surface area (Å²) in [6.07, 6.45) is 2.93. The molecule has 1 aliphatic rings. The van der Waals surface area contributed by atoms with Gasteiger partial charge in [0.2, 0.25) is 11.8 Å². The second-order valence-corrected chi connectivity index (χ2v) is 4.58. The third-order valence-electron chi connectivity index (χ3n) is 2.73. The van der Waals surface area contributed by atoms with Crippen LogP contribution >= 0.6 is 0 Å². The van der Waals surface area contributed by atoms with Gasteiger partial charge in [-0.1, -0.05) is 0 Å². The van der Waals surface area contributed by atoms with Gasteiger partial charge < -0.3 is 15.4 Å². The number of amides is 2. The van der Waals surface area contributed by atoms with Crippen LogP contribution in [-0.2, 0) is 14.3 Å². The third kappa shape index (κ3) is 6.56. The largest absolute Gasteiger partial charge is 0.385 e. The van der Waals surface area contributed by atoms with Crippen molar-refractivity contribution in [2.75, 3.05) is 26.8 Å². The van der Waals surface area contributed by atoms with Crippen molar-refractivity contribution in [3.63, 3.8) is 0 Å². The molecule has 0 aromatic carbocycles. The summed E-state index contributed by atoms with van der Waals surface area (Å²) in [5.74, 6) is -0.137. The molecule has 2 amide bonds. The third-order valence-corrected chi connectivity index (χ3v) is 2.73. The van der Waals surface area contributed by atoms with Gasteiger partial charge in [0.1, 0.15) is 0 Å². The maximum Gasteiger partial charge on any atom is 0.237 e. The molecule has 18 heavy (non-hydrogen) atoms. The first kappa shape index (κ1) is 14.9. The topological polar surface area (TPSA) is 79.5 Å². The monoisotopic (exact) mass is 257 g/mol. The van der Waals surface area contributed by atoms with Crippen LogP contribution in [0.5, 0.6) is 0 Å². The van der Waals surface area contributed by atoms with Crippen LogP contribution in [0, 0.1) is 0 Å². The van der Waals surface area contributed by atoms with E-state index in [-0.39, 0.29) is 24.4 Å². The first-order valence-electron chi connectivity index (χ1n) is 6.43. The number of nitrogens with one attached hydrogen (secondary N) is 3. The lowest BCUT2D eigenvalue weighted by atomic mass is 10.3. The van der Waals surface area contributed by atoms with E-state index in [0.29, 0.717) is 19.2 Å². The van der Waals surface area contributed by atoms with E-state index in [2.05, 4.69) is 16.0 Å². The van der Waals surface area contributed by atoms with Gasteiger partial charge in [0.05, 0.1) is 12.6 Å². The molecule has 1 unspecified atom stereocenters. The summed E-state index contributed by atoms with van der Waals surface area (Å²) in [5, 5.41) is 8.54. The minimum Gasteiger partial charge on any atom is -0.385 e. The van der Waals surface area contributed by atoms with E-state index in [1.54, 1.807) is 14.0 Å². The predicted molar refractivity (Wildman–Crippen MR) is 68.1 cm³/mol. The molecule has 0 bridgehead atoms. The summed E-state index contributed by atoms with van der Waals surface area (Å²) in [4.78, 5) is 23.0. The average molecular weight is 257 g/mol. The Morgan fingerprint density at radius 1 is 1.39 bits per heavy atom. The second-order valence-electron chi connectivity index (χ2n) is 4.58. The van der Waals surface area contributed by atoms with Crippen LogP contribution in [0.4, 0.5) is 0 Å². The van der Waals surface area contributed by atoms with Gasteiger partial charge in [-0.15, -0.1) is 0 Å². The van der Waals surface area contributed by atoms with E-state index in [9.17, 15) is 9.59 Å². The Morgan fingerprint density at radius 3 is 2.72 bits per heavy atom. The normalized spacial score (nSPS) is 16.1. The van der Waals surface area contributed by atoms with Crippen molar-refractivity contribution in [1.82, 2.24) is 16.0 Å². The van der Waals surface area contributed by atoms with Crippen molar-refractivity contribution >= 4 is 11.8 Å². The number of carbonyl (C=O) groups excluding carboxylic acids is 2. The summed E-state index contributed by atoms with van der Waals surface area (Å²) in [7, 11) is 1.63. The maximum atomic E-state index is 11.6. The van der Waals surface area contributed by atoms with Gasteiger partial charge in [-0.25, -0.2) is 0 Å². The van der Waals surface area contributed by atoms with Gasteiger partial charge in [-0.2, -0.15) is 0 Å². The van der Waals surface area contributed by atoms with Crippen molar-refractivity contribution in [3.8, 4) is 0 Å². The molecule has 104 valence electrons. The molecule has 0 spiro atoms. The van der Waals surface area contributed by atoms with Crippen LogP contribution in [0.2, 0.25) is 0 Å². The predicted octanol–water partition coefficient (Wildman–Crippen LogP) is -0.604. The molecule has 0 aromatic rings. The fourth-order valence-corrected chi connectivity index (χ4v) is 1.40. The quantitative estimate of drug-likeness (QED) is 0.482. The SMILES string of the molecule is COCCCNC(=O)CNC(C)C(=O)NC1CC1. The van der Waals surface area contributed by atoms with Crippen LogP contribution in [0.1, 0.15) is 26.2 Å². The Balaban J connectivity index is 2.03. The van der Waals surface area contributed by atoms with E-state index >= 15 is 0 Å². The number of methoxy groups -OCH3 is 1. The smallest absolute Gasteiger partial charge is 0.237 e. The lowest BCUT2D eigenvalue weighted by molar-refractivity contribution is -0.123. The Hall–Kier alpha value is -1.14.